The first-order valence-electron chi connectivity index (χ1n) is 9.84. The Hall–Kier alpha value is -4.35. The highest BCUT2D eigenvalue weighted by atomic mass is 19.4. The number of anilines is 2. The molecule has 0 unspecified atom stereocenters. The molecular weight excluding hydrogens is 457 g/mol. The molecular formula is C22H19F3N4O5. The third kappa shape index (κ3) is 5.71. The molecule has 0 aliphatic carbocycles. The Morgan fingerprint density at radius 1 is 1.09 bits per heavy atom. The Balaban J connectivity index is 1.87. The minimum atomic E-state index is -4.69. The highest BCUT2D eigenvalue weighted by molar-refractivity contribution is 6.00. The van der Waals surface area contributed by atoms with Crippen molar-refractivity contribution < 1.29 is 32.1 Å². The zero-order chi connectivity index (χ0) is 24.9. The number of nitrogens with zero attached hydrogens (tertiary/aromatic N) is 2. The summed E-state index contributed by atoms with van der Waals surface area (Å²) in [7, 11) is 1.48. The molecule has 0 bridgehead atoms. The lowest BCUT2D eigenvalue weighted by Gasteiger charge is -2.22. The number of furan rings is 1. The molecule has 0 saturated carbocycles. The Labute approximate surface area is 191 Å². The number of amides is 2. The van der Waals surface area contributed by atoms with E-state index >= 15 is 0 Å². The largest absolute Gasteiger partial charge is 0.467 e. The van der Waals surface area contributed by atoms with Crippen molar-refractivity contribution in [3.05, 3.63) is 87.9 Å². The molecule has 9 nitrogen and oxygen atoms in total. The minimum Gasteiger partial charge on any atom is -0.467 e. The van der Waals surface area contributed by atoms with Gasteiger partial charge in [0.1, 0.15) is 18.0 Å². The quantitative estimate of drug-likeness (QED) is 0.364. The van der Waals surface area contributed by atoms with Crippen LogP contribution in [0.3, 0.4) is 0 Å². The van der Waals surface area contributed by atoms with E-state index in [1.165, 1.54) is 37.6 Å². The number of rotatable bonds is 8. The van der Waals surface area contributed by atoms with E-state index in [4.69, 9.17) is 4.42 Å². The second-order valence-corrected chi connectivity index (χ2v) is 7.07. The van der Waals surface area contributed by atoms with Gasteiger partial charge in [-0.05, 0) is 36.4 Å². The Bertz CT molecular complexity index is 1200. The lowest BCUT2D eigenvalue weighted by molar-refractivity contribution is -0.384. The highest BCUT2D eigenvalue weighted by Gasteiger charge is 2.34. The molecule has 0 atom stereocenters. The molecule has 2 N–H and O–H groups in total. The van der Waals surface area contributed by atoms with Crippen molar-refractivity contribution in [2.45, 2.75) is 12.7 Å². The van der Waals surface area contributed by atoms with E-state index in [9.17, 15) is 32.9 Å². The fraction of sp³-hybridized carbons (Fsp3) is 0.182. The minimum absolute atomic E-state index is 0.0826. The summed E-state index contributed by atoms with van der Waals surface area (Å²) in [6.07, 6.45) is -3.34. The molecule has 1 heterocycles. The Morgan fingerprint density at radius 2 is 1.82 bits per heavy atom. The number of nitrogens with one attached hydrogen (secondary N) is 2. The predicted molar refractivity (Wildman–Crippen MR) is 116 cm³/mol. The monoisotopic (exact) mass is 476 g/mol. The van der Waals surface area contributed by atoms with Crippen LogP contribution >= 0.6 is 0 Å². The zero-order valence-corrected chi connectivity index (χ0v) is 17.8. The fourth-order valence-corrected chi connectivity index (χ4v) is 3.20. The van der Waals surface area contributed by atoms with E-state index in [0.717, 1.165) is 23.1 Å². The number of hydrogen-bond acceptors (Lipinski definition) is 6. The molecule has 3 rings (SSSR count). The van der Waals surface area contributed by atoms with E-state index in [2.05, 4.69) is 10.6 Å². The van der Waals surface area contributed by atoms with Crippen molar-refractivity contribution in [2.24, 2.45) is 0 Å². The van der Waals surface area contributed by atoms with Crippen molar-refractivity contribution in [1.29, 1.82) is 0 Å². The maximum Gasteiger partial charge on any atom is 0.418 e. The van der Waals surface area contributed by atoms with Gasteiger partial charge < -0.3 is 20.0 Å². The first-order valence-corrected chi connectivity index (χ1v) is 9.84. The van der Waals surface area contributed by atoms with Gasteiger partial charge in [0.25, 0.3) is 11.6 Å². The summed E-state index contributed by atoms with van der Waals surface area (Å²) in [6.45, 7) is -0.824. The van der Waals surface area contributed by atoms with Gasteiger partial charge in [-0.1, -0.05) is 12.1 Å². The molecule has 34 heavy (non-hydrogen) atoms. The van der Waals surface area contributed by atoms with E-state index in [1.54, 1.807) is 12.1 Å². The number of hydrogen-bond donors (Lipinski definition) is 2. The van der Waals surface area contributed by atoms with Crippen LogP contribution in [0.5, 0.6) is 0 Å². The van der Waals surface area contributed by atoms with Gasteiger partial charge in [0.05, 0.1) is 29.0 Å². The molecule has 0 spiro atoms. The molecule has 0 aliphatic rings. The first-order chi connectivity index (χ1) is 16.1. The van der Waals surface area contributed by atoms with E-state index < -0.39 is 40.7 Å². The van der Waals surface area contributed by atoms with E-state index in [-0.39, 0.29) is 23.5 Å². The van der Waals surface area contributed by atoms with Crippen LogP contribution < -0.4 is 10.6 Å². The third-order valence-electron chi connectivity index (χ3n) is 4.77. The van der Waals surface area contributed by atoms with Crippen LogP contribution in [0, 0.1) is 10.1 Å². The molecule has 0 saturated heterocycles. The van der Waals surface area contributed by atoms with Crippen molar-refractivity contribution in [1.82, 2.24) is 4.90 Å². The number of carbonyl (C=O) groups is 2. The van der Waals surface area contributed by atoms with Crippen LogP contribution in [0.2, 0.25) is 0 Å². The summed E-state index contributed by atoms with van der Waals surface area (Å²) >= 11 is 0. The summed E-state index contributed by atoms with van der Waals surface area (Å²) in [5.41, 5.74) is -1.75. The molecule has 2 aromatic carbocycles. The second-order valence-electron chi connectivity index (χ2n) is 7.07. The van der Waals surface area contributed by atoms with Gasteiger partial charge in [0.2, 0.25) is 5.91 Å². The summed E-state index contributed by atoms with van der Waals surface area (Å²) in [5, 5.41) is 16.2. The number of benzene rings is 2. The number of carbonyl (C=O) groups excluding carboxylic acids is 2. The lowest BCUT2D eigenvalue weighted by atomic mass is 10.1. The molecule has 12 heteroatoms. The average Bonchev–Trinajstić information content (AvgIpc) is 3.30. The van der Waals surface area contributed by atoms with Crippen LogP contribution in [0.25, 0.3) is 0 Å². The Morgan fingerprint density at radius 3 is 2.44 bits per heavy atom. The van der Waals surface area contributed by atoms with Gasteiger partial charge in [-0.2, -0.15) is 13.2 Å². The van der Waals surface area contributed by atoms with Crippen LogP contribution in [0.1, 0.15) is 21.7 Å². The first kappa shape index (κ1) is 24.3. The highest BCUT2D eigenvalue weighted by Crippen LogP contribution is 2.34. The van der Waals surface area contributed by atoms with Gasteiger partial charge in [0, 0.05) is 18.7 Å². The molecule has 0 radical (unpaired) electrons. The molecule has 0 aliphatic heterocycles. The van der Waals surface area contributed by atoms with Gasteiger partial charge in [0.15, 0.2) is 0 Å². The summed E-state index contributed by atoms with van der Waals surface area (Å²) in [4.78, 5) is 37.5. The van der Waals surface area contributed by atoms with Crippen LogP contribution in [0.4, 0.5) is 30.2 Å². The summed E-state index contributed by atoms with van der Waals surface area (Å²) < 4.78 is 44.9. The van der Waals surface area contributed by atoms with Crippen molar-refractivity contribution >= 4 is 28.9 Å². The Kier molecular flexibility index (Phi) is 7.19. The maximum atomic E-state index is 13.2. The molecule has 2 amide bonds. The standard InChI is InChI=1S/C22H19F3N4O5/c1-26-18-9-8-14(11-19(18)29(32)33)21(31)28(12-15-5-4-10-34-15)13-20(30)27-17-7-3-2-6-16(17)22(23,24)25/h2-11,26H,12-13H2,1H3,(H,27,30). The van der Waals surface area contributed by atoms with Gasteiger partial charge >= 0.3 is 6.18 Å². The van der Waals surface area contributed by atoms with Crippen molar-refractivity contribution in [3.8, 4) is 0 Å². The number of nitro groups is 1. The predicted octanol–water partition coefficient (Wildman–Crippen LogP) is 4.53. The van der Waals surface area contributed by atoms with Crippen LogP contribution in [0.15, 0.2) is 65.3 Å². The fourth-order valence-electron chi connectivity index (χ4n) is 3.20. The molecule has 3 aromatic rings. The zero-order valence-electron chi connectivity index (χ0n) is 17.8. The second kappa shape index (κ2) is 10.1. The van der Waals surface area contributed by atoms with E-state index in [0.29, 0.717) is 5.76 Å². The van der Waals surface area contributed by atoms with E-state index in [1.807, 2.05) is 0 Å². The molecule has 0 fully saturated rings. The number of alkyl halides is 3. The average molecular weight is 476 g/mol. The van der Waals surface area contributed by atoms with Crippen molar-refractivity contribution in [2.75, 3.05) is 24.2 Å². The third-order valence-corrected chi connectivity index (χ3v) is 4.77. The lowest BCUT2D eigenvalue weighted by Crippen LogP contribution is -2.37. The number of halogens is 3. The van der Waals surface area contributed by atoms with Gasteiger partial charge in [-0.25, -0.2) is 0 Å². The van der Waals surface area contributed by atoms with Gasteiger partial charge in [-0.15, -0.1) is 0 Å². The van der Waals surface area contributed by atoms with Crippen LogP contribution in [-0.4, -0.2) is 35.2 Å². The number of nitro benzene ring substituents is 1. The summed E-state index contributed by atoms with van der Waals surface area (Å²) in [5.74, 6) is -1.34. The van der Waals surface area contributed by atoms with Crippen LogP contribution in [-0.2, 0) is 17.5 Å². The molecule has 178 valence electrons. The topological polar surface area (TPSA) is 118 Å². The van der Waals surface area contributed by atoms with Crippen molar-refractivity contribution in [3.63, 3.8) is 0 Å². The SMILES string of the molecule is CNc1ccc(C(=O)N(CC(=O)Nc2ccccc2C(F)(F)F)Cc2ccco2)cc1[N+](=O)[O-]. The maximum absolute atomic E-state index is 13.2. The summed E-state index contributed by atoms with van der Waals surface area (Å²) in [6, 6.07) is 11.3. The normalized spacial score (nSPS) is 11.1. The smallest absolute Gasteiger partial charge is 0.418 e. The van der Waals surface area contributed by atoms with Gasteiger partial charge in [-0.3, -0.25) is 19.7 Å². The number of para-hydroxylation sites is 1. The molecule has 1 aromatic heterocycles.